The van der Waals surface area contributed by atoms with Crippen LogP contribution in [0.5, 0.6) is 5.75 Å². The molecule has 2 rings (SSSR count). The molecule has 1 aromatic rings. The molecule has 0 radical (unpaired) electrons. The molecule has 1 fully saturated rings. The zero-order chi connectivity index (χ0) is 12.1. The Morgan fingerprint density at radius 1 is 1.44 bits per heavy atom. The maximum atomic E-state index is 10.4. The van der Waals surface area contributed by atoms with Gasteiger partial charge in [0.25, 0.3) is 0 Å². The van der Waals surface area contributed by atoms with E-state index in [0.717, 1.165) is 24.9 Å². The van der Waals surface area contributed by atoms with Crippen molar-refractivity contribution >= 4 is 12.4 Å². The number of aliphatic hydroxyl groups is 1. The van der Waals surface area contributed by atoms with Gasteiger partial charge in [0.2, 0.25) is 0 Å². The summed E-state index contributed by atoms with van der Waals surface area (Å²) in [4.78, 5) is 4.06. The van der Waals surface area contributed by atoms with Gasteiger partial charge >= 0.3 is 0 Å². The van der Waals surface area contributed by atoms with E-state index in [4.69, 9.17) is 4.74 Å². The second kappa shape index (κ2) is 7.56. The van der Waals surface area contributed by atoms with Gasteiger partial charge in [-0.05, 0) is 25.5 Å². The summed E-state index contributed by atoms with van der Waals surface area (Å²) in [7, 11) is 1.62. The minimum atomic E-state index is -0.545. The van der Waals surface area contributed by atoms with Crippen LogP contribution in [0.25, 0.3) is 0 Å². The molecule has 1 aliphatic heterocycles. The number of nitrogens with zero attached hydrogens (tertiary/aromatic N) is 1. The highest BCUT2D eigenvalue weighted by atomic mass is 35.5. The summed E-state index contributed by atoms with van der Waals surface area (Å²) in [5, 5.41) is 13.8. The van der Waals surface area contributed by atoms with Crippen LogP contribution in [-0.2, 0) is 0 Å². The summed E-state index contributed by atoms with van der Waals surface area (Å²) in [5.74, 6) is 0.707. The Labute approximate surface area is 114 Å². The van der Waals surface area contributed by atoms with Gasteiger partial charge in [-0.3, -0.25) is 4.98 Å². The lowest BCUT2D eigenvalue weighted by Crippen LogP contribution is -2.34. The average molecular weight is 273 g/mol. The average Bonchev–Trinajstić information content (AvgIpc) is 2.66. The Bertz CT molecular complexity index is 355. The Morgan fingerprint density at radius 2 is 2.28 bits per heavy atom. The number of aliphatic hydroxyl groups excluding tert-OH is 1. The van der Waals surface area contributed by atoms with Gasteiger partial charge in [0, 0.05) is 24.0 Å². The second-order valence-electron chi connectivity index (χ2n) is 4.47. The van der Waals surface area contributed by atoms with Crippen molar-refractivity contribution in [2.24, 2.45) is 0 Å². The van der Waals surface area contributed by atoms with Crippen molar-refractivity contribution in [3.05, 3.63) is 24.0 Å². The molecule has 18 heavy (non-hydrogen) atoms. The third-order valence-electron chi connectivity index (χ3n) is 3.33. The summed E-state index contributed by atoms with van der Waals surface area (Å²) in [6.45, 7) is 0.976. The van der Waals surface area contributed by atoms with E-state index >= 15 is 0 Å². The van der Waals surface area contributed by atoms with Crippen LogP contribution in [0, 0.1) is 0 Å². The van der Waals surface area contributed by atoms with E-state index in [-0.39, 0.29) is 18.4 Å². The molecule has 2 N–H and O–H groups in total. The maximum Gasteiger partial charge on any atom is 0.127 e. The van der Waals surface area contributed by atoms with Crippen molar-refractivity contribution < 1.29 is 9.84 Å². The minimum Gasteiger partial charge on any atom is -0.496 e. The lowest BCUT2D eigenvalue weighted by molar-refractivity contribution is 0.123. The highest BCUT2D eigenvalue weighted by Crippen LogP contribution is 2.28. The van der Waals surface area contributed by atoms with Gasteiger partial charge in [-0.1, -0.05) is 12.8 Å². The van der Waals surface area contributed by atoms with Crippen molar-refractivity contribution in [1.82, 2.24) is 10.3 Å². The summed E-state index contributed by atoms with van der Waals surface area (Å²) in [5.41, 5.74) is 0.773. The fourth-order valence-electron chi connectivity index (χ4n) is 2.34. The molecule has 1 saturated heterocycles. The number of nitrogens with one attached hydrogen (secondary N) is 1. The van der Waals surface area contributed by atoms with Gasteiger partial charge in [-0.25, -0.2) is 0 Å². The first kappa shape index (κ1) is 15.2. The monoisotopic (exact) mass is 272 g/mol. The second-order valence-corrected chi connectivity index (χ2v) is 4.47. The molecule has 0 spiro atoms. The lowest BCUT2D eigenvalue weighted by Gasteiger charge is -2.23. The van der Waals surface area contributed by atoms with Crippen molar-refractivity contribution in [2.75, 3.05) is 13.7 Å². The molecular formula is C13H21ClN2O2. The van der Waals surface area contributed by atoms with Crippen LogP contribution in [0.3, 0.4) is 0 Å². The number of pyridine rings is 1. The molecule has 0 aromatic carbocycles. The molecule has 0 saturated carbocycles. The smallest absolute Gasteiger partial charge is 0.127 e. The zero-order valence-electron chi connectivity index (χ0n) is 10.6. The first-order valence-electron chi connectivity index (χ1n) is 6.22. The normalized spacial score (nSPS) is 21.6. The van der Waals surface area contributed by atoms with E-state index in [9.17, 15) is 5.11 Å². The lowest BCUT2D eigenvalue weighted by atomic mass is 9.99. The molecule has 0 aliphatic carbocycles. The summed E-state index contributed by atoms with van der Waals surface area (Å²) in [6, 6.07) is 1.89. The van der Waals surface area contributed by atoms with E-state index in [2.05, 4.69) is 10.3 Å². The van der Waals surface area contributed by atoms with Crippen LogP contribution >= 0.6 is 12.4 Å². The van der Waals surface area contributed by atoms with Crippen LogP contribution < -0.4 is 10.1 Å². The Morgan fingerprint density at radius 3 is 3.06 bits per heavy atom. The number of halogens is 1. The quantitative estimate of drug-likeness (QED) is 0.885. The van der Waals surface area contributed by atoms with Crippen LogP contribution in [-0.4, -0.2) is 29.8 Å². The number of hydrogen-bond acceptors (Lipinski definition) is 4. The van der Waals surface area contributed by atoms with E-state index in [1.54, 1.807) is 25.6 Å². The predicted molar refractivity (Wildman–Crippen MR) is 73.3 cm³/mol. The SMILES string of the molecule is COc1ccncc1C(O)[C@@H]1CCCCCN1.Cl. The van der Waals surface area contributed by atoms with Crippen LogP contribution in [0.4, 0.5) is 0 Å². The number of ether oxygens (including phenoxy) is 1. The topological polar surface area (TPSA) is 54.4 Å². The number of methoxy groups -OCH3 is 1. The predicted octanol–water partition coefficient (Wildman–Crippen LogP) is 2.08. The van der Waals surface area contributed by atoms with Crippen LogP contribution in [0.1, 0.15) is 37.4 Å². The molecule has 4 nitrogen and oxygen atoms in total. The van der Waals surface area contributed by atoms with Gasteiger partial charge < -0.3 is 15.2 Å². The molecule has 5 heteroatoms. The number of rotatable bonds is 3. The molecule has 2 atom stereocenters. The van der Waals surface area contributed by atoms with Gasteiger partial charge in [0.1, 0.15) is 5.75 Å². The fraction of sp³-hybridized carbons (Fsp3) is 0.615. The van der Waals surface area contributed by atoms with E-state index in [0.29, 0.717) is 5.75 Å². The molecule has 0 bridgehead atoms. The molecule has 2 heterocycles. The third kappa shape index (κ3) is 3.57. The maximum absolute atomic E-state index is 10.4. The Balaban J connectivity index is 0.00000162. The third-order valence-corrected chi connectivity index (χ3v) is 3.33. The fourth-order valence-corrected chi connectivity index (χ4v) is 2.34. The van der Waals surface area contributed by atoms with Crippen molar-refractivity contribution in [3.8, 4) is 5.75 Å². The molecule has 0 amide bonds. The molecule has 1 unspecified atom stereocenters. The van der Waals surface area contributed by atoms with Crippen molar-refractivity contribution in [1.29, 1.82) is 0 Å². The van der Waals surface area contributed by atoms with E-state index in [1.807, 2.05) is 0 Å². The molecule has 1 aliphatic rings. The standard InChI is InChI=1S/C13H20N2O2.ClH/c1-17-12-6-8-14-9-10(12)13(16)11-5-3-2-4-7-15-11;/h6,8-9,11,13,15-16H,2-5,7H2,1H3;1H/t11-,13?;/m0./s1. The highest BCUT2D eigenvalue weighted by Gasteiger charge is 2.24. The highest BCUT2D eigenvalue weighted by molar-refractivity contribution is 5.85. The van der Waals surface area contributed by atoms with Gasteiger partial charge in [-0.15, -0.1) is 12.4 Å². The van der Waals surface area contributed by atoms with Gasteiger partial charge in [-0.2, -0.15) is 0 Å². The minimum absolute atomic E-state index is 0. The summed E-state index contributed by atoms with van der Waals surface area (Å²) >= 11 is 0. The summed E-state index contributed by atoms with van der Waals surface area (Å²) in [6.07, 6.45) is 7.41. The summed E-state index contributed by atoms with van der Waals surface area (Å²) < 4.78 is 5.26. The first-order chi connectivity index (χ1) is 8.33. The van der Waals surface area contributed by atoms with Crippen LogP contribution in [0.2, 0.25) is 0 Å². The van der Waals surface area contributed by atoms with Crippen LogP contribution in [0.15, 0.2) is 18.5 Å². The van der Waals surface area contributed by atoms with Crippen molar-refractivity contribution in [3.63, 3.8) is 0 Å². The number of hydrogen-bond donors (Lipinski definition) is 2. The zero-order valence-corrected chi connectivity index (χ0v) is 11.4. The van der Waals surface area contributed by atoms with Gasteiger partial charge in [0.15, 0.2) is 0 Å². The number of aromatic nitrogens is 1. The molecule has 102 valence electrons. The van der Waals surface area contributed by atoms with E-state index in [1.165, 1.54) is 12.8 Å². The largest absolute Gasteiger partial charge is 0.496 e. The molecule has 1 aromatic heterocycles. The Hall–Kier alpha value is -0.840. The Kier molecular flexibility index (Phi) is 6.39. The van der Waals surface area contributed by atoms with E-state index < -0.39 is 6.10 Å². The first-order valence-corrected chi connectivity index (χ1v) is 6.22. The van der Waals surface area contributed by atoms with Crippen molar-refractivity contribution in [2.45, 2.75) is 37.8 Å². The molecular weight excluding hydrogens is 252 g/mol. The van der Waals surface area contributed by atoms with Gasteiger partial charge in [0.05, 0.1) is 13.2 Å².